The first-order chi connectivity index (χ1) is 6.86. The first-order valence-electron chi connectivity index (χ1n) is 4.26. The van der Waals surface area contributed by atoms with Gasteiger partial charge in [0.15, 0.2) is 0 Å². The maximum Gasteiger partial charge on any atom is 0.0443 e. The van der Waals surface area contributed by atoms with Crippen LogP contribution in [0.3, 0.4) is 0 Å². The second-order valence-corrected chi connectivity index (χ2v) is 2.69. The number of azide groups is 1. The Kier molecular flexibility index (Phi) is 4.05. The molecular weight excluding hydrogens is 174 g/mol. The summed E-state index contributed by atoms with van der Waals surface area (Å²) in [6.07, 6.45) is 5.54. The van der Waals surface area contributed by atoms with Crippen LogP contribution in [0.5, 0.6) is 0 Å². The van der Waals surface area contributed by atoms with E-state index in [2.05, 4.69) is 16.6 Å². The fourth-order valence-electron chi connectivity index (χ4n) is 1.06. The molecule has 0 fully saturated rings. The summed E-state index contributed by atoms with van der Waals surface area (Å²) in [5, 5.41) is 3.40. The molecule has 0 amide bonds. The molecule has 0 aromatic heterocycles. The molecular formula is C11H11N3. The van der Waals surface area contributed by atoms with Crippen molar-refractivity contribution in [1.82, 2.24) is 0 Å². The second kappa shape index (κ2) is 5.62. The van der Waals surface area contributed by atoms with E-state index >= 15 is 0 Å². The van der Waals surface area contributed by atoms with E-state index in [1.165, 1.54) is 0 Å². The monoisotopic (exact) mass is 185 g/mol. The minimum absolute atomic E-state index is 0.384. The van der Waals surface area contributed by atoms with Crippen molar-refractivity contribution >= 4 is 12.2 Å². The molecule has 0 heterocycles. The zero-order valence-corrected chi connectivity index (χ0v) is 7.80. The third-order valence-electron chi connectivity index (χ3n) is 1.71. The van der Waals surface area contributed by atoms with Gasteiger partial charge < -0.3 is 0 Å². The molecule has 3 nitrogen and oxygen atoms in total. The molecule has 70 valence electrons. The molecule has 1 rings (SSSR count). The fourth-order valence-corrected chi connectivity index (χ4v) is 1.06. The molecule has 0 saturated heterocycles. The molecule has 1 aromatic rings. The molecule has 0 radical (unpaired) electrons. The largest absolute Gasteiger partial charge is 0.0985 e. The lowest BCUT2D eigenvalue weighted by molar-refractivity contribution is 1.22. The third kappa shape index (κ3) is 3.17. The first kappa shape index (κ1) is 10.1. The van der Waals surface area contributed by atoms with E-state index < -0.39 is 0 Å². The second-order valence-electron chi connectivity index (χ2n) is 2.69. The van der Waals surface area contributed by atoms with Gasteiger partial charge in [-0.05, 0) is 22.7 Å². The maximum absolute atomic E-state index is 8.06. The average Bonchev–Trinajstić information content (AvgIpc) is 2.25. The van der Waals surface area contributed by atoms with Crippen molar-refractivity contribution in [3.8, 4) is 0 Å². The van der Waals surface area contributed by atoms with Gasteiger partial charge in [-0.3, -0.25) is 0 Å². The van der Waals surface area contributed by atoms with Crippen molar-refractivity contribution in [3.63, 3.8) is 0 Å². The summed E-state index contributed by atoms with van der Waals surface area (Å²) >= 11 is 0. The minimum Gasteiger partial charge on any atom is -0.0985 e. The van der Waals surface area contributed by atoms with Crippen molar-refractivity contribution in [2.45, 2.75) is 0 Å². The molecule has 0 spiro atoms. The predicted octanol–water partition coefficient (Wildman–Crippen LogP) is 3.65. The normalized spacial score (nSPS) is 9.71. The lowest BCUT2D eigenvalue weighted by Crippen LogP contribution is -1.75. The van der Waals surface area contributed by atoms with Gasteiger partial charge in [0.2, 0.25) is 0 Å². The van der Waals surface area contributed by atoms with E-state index in [0.29, 0.717) is 6.54 Å². The summed E-state index contributed by atoms with van der Waals surface area (Å²) in [6.45, 7) is 4.07. The van der Waals surface area contributed by atoms with Gasteiger partial charge in [0.25, 0.3) is 0 Å². The summed E-state index contributed by atoms with van der Waals surface area (Å²) in [5.41, 5.74) is 10.2. The number of rotatable bonds is 4. The molecule has 0 aliphatic heterocycles. The Balaban J connectivity index is 2.70. The zero-order chi connectivity index (χ0) is 10.2. The van der Waals surface area contributed by atoms with Crippen LogP contribution in [0, 0.1) is 0 Å². The number of hydrogen-bond acceptors (Lipinski definition) is 1. The SMILES string of the molecule is C=Cc1cccc(C=CCN=[N+]=[N-])c1. The Bertz CT molecular complexity index is 387. The highest BCUT2D eigenvalue weighted by Crippen LogP contribution is 2.07. The molecule has 0 N–H and O–H groups in total. The van der Waals surface area contributed by atoms with Crippen LogP contribution in [0.4, 0.5) is 0 Å². The number of hydrogen-bond donors (Lipinski definition) is 0. The van der Waals surface area contributed by atoms with Crippen LogP contribution in [0.25, 0.3) is 22.6 Å². The number of benzene rings is 1. The van der Waals surface area contributed by atoms with Gasteiger partial charge in [0, 0.05) is 11.5 Å². The summed E-state index contributed by atoms with van der Waals surface area (Å²) in [4.78, 5) is 2.66. The average molecular weight is 185 g/mol. The van der Waals surface area contributed by atoms with Gasteiger partial charge in [0.1, 0.15) is 0 Å². The lowest BCUT2D eigenvalue weighted by Gasteiger charge is -1.95. The Hall–Kier alpha value is -1.99. The topological polar surface area (TPSA) is 48.8 Å². The van der Waals surface area contributed by atoms with Crippen molar-refractivity contribution in [2.75, 3.05) is 6.54 Å². The van der Waals surface area contributed by atoms with E-state index in [9.17, 15) is 0 Å². The maximum atomic E-state index is 8.06. The minimum atomic E-state index is 0.384. The Morgan fingerprint density at radius 2 is 2.21 bits per heavy atom. The van der Waals surface area contributed by atoms with Gasteiger partial charge in [-0.1, -0.05) is 48.1 Å². The zero-order valence-electron chi connectivity index (χ0n) is 7.80. The molecule has 0 saturated carbocycles. The van der Waals surface area contributed by atoms with Crippen molar-refractivity contribution < 1.29 is 0 Å². The van der Waals surface area contributed by atoms with Crippen molar-refractivity contribution in [2.24, 2.45) is 5.11 Å². The van der Waals surface area contributed by atoms with Gasteiger partial charge in [-0.15, -0.1) is 0 Å². The van der Waals surface area contributed by atoms with Crippen LogP contribution < -0.4 is 0 Å². The van der Waals surface area contributed by atoms with Crippen LogP contribution in [0.2, 0.25) is 0 Å². The van der Waals surface area contributed by atoms with Crippen LogP contribution in [0.1, 0.15) is 11.1 Å². The Morgan fingerprint density at radius 1 is 1.43 bits per heavy atom. The van der Waals surface area contributed by atoms with Gasteiger partial charge >= 0.3 is 0 Å². The molecule has 0 unspecified atom stereocenters. The van der Waals surface area contributed by atoms with Gasteiger partial charge in [0.05, 0.1) is 0 Å². The summed E-state index contributed by atoms with van der Waals surface area (Å²) < 4.78 is 0. The number of nitrogens with zero attached hydrogens (tertiary/aromatic N) is 3. The first-order valence-corrected chi connectivity index (χ1v) is 4.26. The summed E-state index contributed by atoms with van der Waals surface area (Å²) in [6, 6.07) is 7.95. The van der Waals surface area contributed by atoms with Crippen LogP contribution in [-0.4, -0.2) is 6.54 Å². The summed E-state index contributed by atoms with van der Waals surface area (Å²) in [7, 11) is 0. The van der Waals surface area contributed by atoms with Gasteiger partial charge in [-0.25, -0.2) is 0 Å². The highest BCUT2D eigenvalue weighted by atomic mass is 15.1. The molecule has 0 aliphatic rings. The standard InChI is InChI=1S/C11H11N3/c1-2-10-5-3-6-11(9-10)7-4-8-13-14-12/h2-7,9H,1,8H2. The Labute approximate surface area is 83.0 Å². The lowest BCUT2D eigenvalue weighted by atomic mass is 10.1. The van der Waals surface area contributed by atoms with Crippen LogP contribution in [0.15, 0.2) is 42.0 Å². The quantitative estimate of drug-likeness (QED) is 0.390. The molecule has 0 atom stereocenters. The third-order valence-corrected chi connectivity index (χ3v) is 1.71. The van der Waals surface area contributed by atoms with Crippen molar-refractivity contribution in [3.05, 3.63) is 58.5 Å². The highest BCUT2D eigenvalue weighted by molar-refractivity contribution is 5.56. The van der Waals surface area contributed by atoms with Gasteiger partial charge in [-0.2, -0.15) is 0 Å². The van der Waals surface area contributed by atoms with E-state index in [4.69, 9.17) is 5.53 Å². The van der Waals surface area contributed by atoms with Crippen molar-refractivity contribution in [1.29, 1.82) is 0 Å². The van der Waals surface area contributed by atoms with E-state index in [-0.39, 0.29) is 0 Å². The molecule has 0 bridgehead atoms. The summed E-state index contributed by atoms with van der Waals surface area (Å²) in [5.74, 6) is 0. The smallest absolute Gasteiger partial charge is 0.0443 e. The van der Waals surface area contributed by atoms with Crippen LogP contribution in [-0.2, 0) is 0 Å². The predicted molar refractivity (Wildman–Crippen MR) is 59.6 cm³/mol. The van der Waals surface area contributed by atoms with Crippen LogP contribution >= 0.6 is 0 Å². The molecule has 1 aromatic carbocycles. The molecule has 14 heavy (non-hydrogen) atoms. The molecule has 0 aliphatic carbocycles. The molecule has 3 heteroatoms. The highest BCUT2D eigenvalue weighted by Gasteiger charge is 1.87. The Morgan fingerprint density at radius 3 is 2.93 bits per heavy atom. The van der Waals surface area contributed by atoms with E-state index in [0.717, 1.165) is 11.1 Å². The van der Waals surface area contributed by atoms with E-state index in [1.54, 1.807) is 6.08 Å². The van der Waals surface area contributed by atoms with E-state index in [1.807, 2.05) is 36.4 Å². The fraction of sp³-hybridized carbons (Fsp3) is 0.0909.